The molecule has 6 nitrogen and oxygen atoms in total. The molecule has 0 saturated carbocycles. The number of benzene rings is 3. The Bertz CT molecular complexity index is 1250. The molecule has 1 atom stereocenters. The number of rotatable bonds is 4. The van der Waals surface area contributed by atoms with E-state index in [0.717, 1.165) is 15.6 Å². The zero-order valence-electron chi connectivity index (χ0n) is 17.5. The van der Waals surface area contributed by atoms with Crippen molar-refractivity contribution >= 4 is 33.4 Å². The molecule has 0 bridgehead atoms. The normalized spacial score (nSPS) is 19.1. The van der Waals surface area contributed by atoms with Crippen molar-refractivity contribution in [2.75, 3.05) is 13.2 Å². The molecule has 2 aliphatic rings. The van der Waals surface area contributed by atoms with E-state index in [4.69, 9.17) is 9.47 Å². The van der Waals surface area contributed by atoms with Gasteiger partial charge < -0.3 is 19.5 Å². The Hall–Kier alpha value is -3.58. The van der Waals surface area contributed by atoms with Crippen LogP contribution in [0.1, 0.15) is 22.7 Å². The summed E-state index contributed by atoms with van der Waals surface area (Å²) >= 11 is 3.43. The Morgan fingerprint density at radius 3 is 2.36 bits per heavy atom. The van der Waals surface area contributed by atoms with Crippen molar-refractivity contribution in [3.05, 3.63) is 99.5 Å². The maximum atomic E-state index is 13.2. The van der Waals surface area contributed by atoms with Gasteiger partial charge >= 0.3 is 0 Å². The SMILES string of the molecule is O=C1C(=O)N(Cc2ccccc2)C(c2ccc(Br)cc2)C1=C(O)c1ccc2c(c1)OCCO2. The van der Waals surface area contributed by atoms with Gasteiger partial charge in [-0.15, -0.1) is 0 Å². The first kappa shape index (κ1) is 21.3. The molecule has 1 amide bonds. The number of Topliss-reactive ketones (excluding diaryl/α,β-unsaturated/α-hetero) is 1. The van der Waals surface area contributed by atoms with Crippen LogP contribution in [0.5, 0.6) is 11.5 Å². The molecule has 1 N–H and O–H groups in total. The first-order chi connectivity index (χ1) is 16.0. The minimum absolute atomic E-state index is 0.0509. The molecule has 0 aliphatic carbocycles. The standard InChI is InChI=1S/C26H20BrNO5/c27-19-9-6-17(7-10-19)23-22(24(29)18-8-11-20-21(14-18)33-13-12-32-20)25(30)26(31)28(23)15-16-4-2-1-3-5-16/h1-11,14,23,29H,12-13,15H2. The predicted molar refractivity (Wildman–Crippen MR) is 126 cm³/mol. The third-order valence-corrected chi connectivity index (χ3v) is 6.27. The molecule has 166 valence electrons. The van der Waals surface area contributed by atoms with Gasteiger partial charge in [0.25, 0.3) is 11.7 Å². The highest BCUT2D eigenvalue weighted by Gasteiger charge is 2.46. The molecular weight excluding hydrogens is 486 g/mol. The Morgan fingerprint density at radius 2 is 1.64 bits per heavy atom. The first-order valence-electron chi connectivity index (χ1n) is 10.5. The smallest absolute Gasteiger partial charge is 0.295 e. The zero-order chi connectivity index (χ0) is 22.9. The fourth-order valence-corrected chi connectivity index (χ4v) is 4.43. The number of nitrogens with zero attached hydrogens (tertiary/aromatic N) is 1. The highest BCUT2D eigenvalue weighted by atomic mass is 79.9. The van der Waals surface area contributed by atoms with Crippen molar-refractivity contribution in [2.24, 2.45) is 0 Å². The quantitative estimate of drug-likeness (QED) is 0.311. The number of fused-ring (bicyclic) bond motifs is 1. The van der Waals surface area contributed by atoms with E-state index >= 15 is 0 Å². The van der Waals surface area contributed by atoms with E-state index in [1.165, 1.54) is 4.90 Å². The first-order valence-corrected chi connectivity index (χ1v) is 11.3. The van der Waals surface area contributed by atoms with E-state index < -0.39 is 17.7 Å². The van der Waals surface area contributed by atoms with Crippen LogP contribution in [-0.2, 0) is 16.1 Å². The van der Waals surface area contributed by atoms with Crippen molar-refractivity contribution in [3.63, 3.8) is 0 Å². The van der Waals surface area contributed by atoms with Gasteiger partial charge in [-0.3, -0.25) is 9.59 Å². The molecule has 3 aromatic carbocycles. The molecule has 2 heterocycles. The Kier molecular flexibility index (Phi) is 5.64. The lowest BCUT2D eigenvalue weighted by atomic mass is 9.95. The van der Waals surface area contributed by atoms with Crippen molar-refractivity contribution in [3.8, 4) is 11.5 Å². The van der Waals surface area contributed by atoms with Gasteiger partial charge in [0.2, 0.25) is 0 Å². The van der Waals surface area contributed by atoms with E-state index in [9.17, 15) is 14.7 Å². The van der Waals surface area contributed by atoms with Crippen LogP contribution >= 0.6 is 15.9 Å². The number of carbonyl (C=O) groups excluding carboxylic acids is 2. The lowest BCUT2D eigenvalue weighted by molar-refractivity contribution is -0.140. The van der Waals surface area contributed by atoms with Crippen molar-refractivity contribution in [1.29, 1.82) is 0 Å². The monoisotopic (exact) mass is 505 g/mol. The van der Waals surface area contributed by atoms with Gasteiger partial charge in [-0.2, -0.15) is 0 Å². The Morgan fingerprint density at radius 1 is 0.939 bits per heavy atom. The summed E-state index contributed by atoms with van der Waals surface area (Å²) in [5.41, 5.74) is 2.06. The summed E-state index contributed by atoms with van der Waals surface area (Å²) in [5.74, 6) is -0.540. The summed E-state index contributed by atoms with van der Waals surface area (Å²) in [4.78, 5) is 27.8. The number of ketones is 1. The number of hydrogen-bond donors (Lipinski definition) is 1. The van der Waals surface area contributed by atoms with Crippen LogP contribution in [0, 0.1) is 0 Å². The third kappa shape index (κ3) is 4.00. The summed E-state index contributed by atoms with van der Waals surface area (Å²) in [6, 6.07) is 21.1. The van der Waals surface area contributed by atoms with Gasteiger partial charge in [0.1, 0.15) is 19.0 Å². The highest BCUT2D eigenvalue weighted by molar-refractivity contribution is 9.10. The molecule has 2 aliphatic heterocycles. The molecule has 1 saturated heterocycles. The maximum absolute atomic E-state index is 13.2. The molecule has 3 aromatic rings. The van der Waals surface area contributed by atoms with Gasteiger partial charge in [-0.05, 0) is 41.5 Å². The molecule has 33 heavy (non-hydrogen) atoms. The number of halogens is 1. The van der Waals surface area contributed by atoms with E-state index in [-0.39, 0.29) is 17.9 Å². The van der Waals surface area contributed by atoms with Crippen LogP contribution in [0.25, 0.3) is 5.76 Å². The molecular formula is C26H20BrNO5. The minimum atomic E-state index is -0.730. The third-order valence-electron chi connectivity index (χ3n) is 5.74. The van der Waals surface area contributed by atoms with Crippen LogP contribution in [0.2, 0.25) is 0 Å². The van der Waals surface area contributed by atoms with Gasteiger partial charge in [-0.25, -0.2) is 0 Å². The summed E-state index contributed by atoms with van der Waals surface area (Å²) < 4.78 is 12.0. The van der Waals surface area contributed by atoms with E-state index in [0.29, 0.717) is 30.3 Å². The average Bonchev–Trinajstić information content (AvgIpc) is 3.09. The fraction of sp³-hybridized carbons (Fsp3) is 0.154. The van der Waals surface area contributed by atoms with Gasteiger partial charge in [0, 0.05) is 16.6 Å². The lowest BCUT2D eigenvalue weighted by Crippen LogP contribution is -2.29. The van der Waals surface area contributed by atoms with Crippen molar-refractivity contribution in [2.45, 2.75) is 12.6 Å². The molecule has 7 heteroatoms. The number of ether oxygens (including phenoxy) is 2. The van der Waals surface area contributed by atoms with E-state index in [2.05, 4.69) is 15.9 Å². The van der Waals surface area contributed by atoms with Gasteiger partial charge in [0.05, 0.1) is 11.6 Å². The largest absolute Gasteiger partial charge is 0.507 e. The summed E-state index contributed by atoms with van der Waals surface area (Å²) in [6.45, 7) is 1.09. The number of aliphatic hydroxyl groups excluding tert-OH is 1. The van der Waals surface area contributed by atoms with Crippen molar-refractivity contribution < 1.29 is 24.2 Å². The Balaban J connectivity index is 1.63. The van der Waals surface area contributed by atoms with Crippen LogP contribution in [0.4, 0.5) is 0 Å². The average molecular weight is 506 g/mol. The maximum Gasteiger partial charge on any atom is 0.295 e. The zero-order valence-corrected chi connectivity index (χ0v) is 19.1. The topological polar surface area (TPSA) is 76.1 Å². The van der Waals surface area contributed by atoms with Crippen LogP contribution in [0.15, 0.2) is 82.8 Å². The van der Waals surface area contributed by atoms with E-state index in [1.807, 2.05) is 54.6 Å². The molecule has 1 unspecified atom stereocenters. The lowest BCUT2D eigenvalue weighted by Gasteiger charge is -2.25. The second kappa shape index (κ2) is 8.75. The van der Waals surface area contributed by atoms with Gasteiger partial charge in [0.15, 0.2) is 11.5 Å². The minimum Gasteiger partial charge on any atom is -0.507 e. The second-order valence-corrected chi connectivity index (χ2v) is 8.74. The second-order valence-electron chi connectivity index (χ2n) is 7.82. The van der Waals surface area contributed by atoms with Crippen LogP contribution in [-0.4, -0.2) is 34.9 Å². The highest BCUT2D eigenvalue weighted by Crippen LogP contribution is 2.42. The fourth-order valence-electron chi connectivity index (χ4n) is 4.16. The van der Waals surface area contributed by atoms with Crippen LogP contribution in [0.3, 0.4) is 0 Å². The predicted octanol–water partition coefficient (Wildman–Crippen LogP) is 4.84. The summed E-state index contributed by atoms with van der Waals surface area (Å²) in [5, 5.41) is 11.3. The number of aliphatic hydroxyl groups is 1. The van der Waals surface area contributed by atoms with Crippen LogP contribution < -0.4 is 9.47 Å². The number of hydrogen-bond acceptors (Lipinski definition) is 5. The number of likely N-dealkylation sites (tertiary alicyclic amines) is 1. The van der Waals surface area contributed by atoms with Crippen molar-refractivity contribution in [1.82, 2.24) is 4.90 Å². The molecule has 0 aromatic heterocycles. The molecule has 0 radical (unpaired) electrons. The van der Waals surface area contributed by atoms with E-state index in [1.54, 1.807) is 18.2 Å². The number of amides is 1. The van der Waals surface area contributed by atoms with Gasteiger partial charge in [-0.1, -0.05) is 58.4 Å². The molecule has 5 rings (SSSR count). The Labute approximate surface area is 199 Å². The number of carbonyl (C=O) groups is 2. The summed E-state index contributed by atoms with van der Waals surface area (Å²) in [7, 11) is 0. The molecule has 1 fully saturated rings. The molecule has 0 spiro atoms. The summed E-state index contributed by atoms with van der Waals surface area (Å²) in [6.07, 6.45) is 0.